The van der Waals surface area contributed by atoms with Gasteiger partial charge in [0.25, 0.3) is 0 Å². The van der Waals surface area contributed by atoms with Crippen LogP contribution in [-0.2, 0) is 9.84 Å². The smallest absolute Gasteiger partial charge is 0.180 e. The maximum atomic E-state index is 12.3. The molecule has 5 nitrogen and oxygen atoms in total. The molecule has 0 unspecified atom stereocenters. The van der Waals surface area contributed by atoms with E-state index in [0.29, 0.717) is 10.6 Å². The zero-order chi connectivity index (χ0) is 14.6. The Kier molecular flexibility index (Phi) is 5.20. The molecule has 0 fully saturated rings. The first kappa shape index (κ1) is 15.8. The molecule has 1 aromatic carbocycles. The van der Waals surface area contributed by atoms with Gasteiger partial charge in [-0.15, -0.1) is 0 Å². The number of rotatable bonds is 6. The third kappa shape index (κ3) is 3.61. The summed E-state index contributed by atoms with van der Waals surface area (Å²) >= 11 is 0. The van der Waals surface area contributed by atoms with Crippen molar-refractivity contribution in [3.8, 4) is 0 Å². The first-order valence-electron chi connectivity index (χ1n) is 6.12. The molecule has 0 atom stereocenters. The van der Waals surface area contributed by atoms with E-state index >= 15 is 0 Å². The molecule has 0 aliphatic carbocycles. The van der Waals surface area contributed by atoms with Crippen LogP contribution < -0.4 is 9.80 Å². The molecule has 0 amide bonds. The maximum absolute atomic E-state index is 12.3. The maximum Gasteiger partial charge on any atom is 0.180 e. The van der Waals surface area contributed by atoms with Gasteiger partial charge in [-0.25, -0.2) is 8.42 Å². The van der Waals surface area contributed by atoms with Gasteiger partial charge in [-0.3, -0.25) is 0 Å². The second-order valence-electron chi connectivity index (χ2n) is 4.81. The van der Waals surface area contributed by atoms with Crippen molar-refractivity contribution in [3.63, 3.8) is 0 Å². The molecular formula is C13H22N2O3S. The van der Waals surface area contributed by atoms with Crippen LogP contribution in [0.25, 0.3) is 0 Å². The number of anilines is 2. The van der Waals surface area contributed by atoms with Crippen LogP contribution in [-0.4, -0.2) is 54.1 Å². The molecule has 0 aliphatic rings. The summed E-state index contributed by atoms with van der Waals surface area (Å²) < 4.78 is 24.7. The molecule has 108 valence electrons. The van der Waals surface area contributed by atoms with E-state index in [2.05, 4.69) is 0 Å². The largest absolute Gasteiger partial charge is 0.396 e. The van der Waals surface area contributed by atoms with Crippen molar-refractivity contribution in [3.05, 3.63) is 18.2 Å². The number of para-hydroxylation sites is 1. The number of hydrogen-bond acceptors (Lipinski definition) is 5. The highest BCUT2D eigenvalue weighted by atomic mass is 32.2. The van der Waals surface area contributed by atoms with Crippen LogP contribution in [0.5, 0.6) is 0 Å². The van der Waals surface area contributed by atoms with Gasteiger partial charge in [0.1, 0.15) is 0 Å². The fourth-order valence-corrected chi connectivity index (χ4v) is 3.53. The van der Waals surface area contributed by atoms with E-state index < -0.39 is 9.84 Å². The lowest BCUT2D eigenvalue weighted by Gasteiger charge is -2.25. The summed E-state index contributed by atoms with van der Waals surface area (Å²) in [7, 11) is 4.03. The quantitative estimate of drug-likeness (QED) is 0.844. The summed E-state index contributed by atoms with van der Waals surface area (Å²) in [4.78, 5) is 4.01. The second-order valence-corrected chi connectivity index (χ2v) is 6.89. The Labute approximate surface area is 115 Å². The lowest BCUT2D eigenvalue weighted by molar-refractivity contribution is 0.295. The molecule has 6 heteroatoms. The van der Waals surface area contributed by atoms with Crippen LogP contribution in [0.15, 0.2) is 23.1 Å². The Balaban J connectivity index is 3.39. The van der Waals surface area contributed by atoms with Gasteiger partial charge < -0.3 is 14.9 Å². The van der Waals surface area contributed by atoms with E-state index in [1.165, 1.54) is 0 Å². The molecule has 1 aromatic rings. The molecule has 1 N–H and O–H groups in total. The third-order valence-electron chi connectivity index (χ3n) is 2.81. The fourth-order valence-electron chi connectivity index (χ4n) is 1.94. The molecule has 0 saturated heterocycles. The van der Waals surface area contributed by atoms with E-state index in [0.717, 1.165) is 5.69 Å². The highest BCUT2D eigenvalue weighted by molar-refractivity contribution is 7.91. The Hall–Kier alpha value is -1.27. The molecule has 1 rings (SSSR count). The van der Waals surface area contributed by atoms with Crippen molar-refractivity contribution < 1.29 is 13.5 Å². The number of nitrogens with zero attached hydrogens (tertiary/aromatic N) is 2. The minimum atomic E-state index is -3.38. The predicted molar refractivity (Wildman–Crippen MR) is 78.9 cm³/mol. The van der Waals surface area contributed by atoms with Crippen molar-refractivity contribution in [2.45, 2.75) is 11.3 Å². The molecule has 0 spiro atoms. The van der Waals surface area contributed by atoms with Gasteiger partial charge in [0.05, 0.1) is 22.0 Å². The van der Waals surface area contributed by atoms with E-state index in [9.17, 15) is 8.42 Å². The molecular weight excluding hydrogens is 264 g/mol. The number of aliphatic hydroxyl groups is 1. The Morgan fingerprint density at radius 3 is 2.21 bits per heavy atom. The molecule has 0 saturated carbocycles. The zero-order valence-corrected chi connectivity index (χ0v) is 12.7. The van der Waals surface area contributed by atoms with Gasteiger partial charge in [-0.2, -0.15) is 0 Å². The molecule has 0 bridgehead atoms. The number of sulfone groups is 1. The third-order valence-corrected chi connectivity index (χ3v) is 4.64. The van der Waals surface area contributed by atoms with E-state index in [1.54, 1.807) is 17.0 Å². The molecule has 0 aromatic heterocycles. The van der Waals surface area contributed by atoms with Crippen LogP contribution >= 0.6 is 0 Å². The van der Waals surface area contributed by atoms with E-state index in [1.807, 2.05) is 39.2 Å². The number of benzene rings is 1. The lowest BCUT2D eigenvalue weighted by atomic mass is 10.2. The van der Waals surface area contributed by atoms with E-state index in [-0.39, 0.29) is 18.8 Å². The Morgan fingerprint density at radius 2 is 1.74 bits per heavy atom. The summed E-state index contributed by atoms with van der Waals surface area (Å²) in [5.74, 6) is -0.0405. The van der Waals surface area contributed by atoms with Crippen molar-refractivity contribution in [2.24, 2.45) is 0 Å². The van der Waals surface area contributed by atoms with E-state index in [4.69, 9.17) is 5.11 Å². The predicted octanol–water partition coefficient (Wildman–Crippen LogP) is 0.975. The Morgan fingerprint density at radius 1 is 1.11 bits per heavy atom. The minimum Gasteiger partial charge on any atom is -0.396 e. The normalized spacial score (nSPS) is 11.4. The molecule has 19 heavy (non-hydrogen) atoms. The first-order valence-corrected chi connectivity index (χ1v) is 7.77. The van der Waals surface area contributed by atoms with Crippen LogP contribution in [0.3, 0.4) is 0 Å². The zero-order valence-electron chi connectivity index (χ0n) is 11.9. The van der Waals surface area contributed by atoms with Crippen molar-refractivity contribution in [2.75, 3.05) is 50.4 Å². The topological polar surface area (TPSA) is 60.9 Å². The highest BCUT2D eigenvalue weighted by Gasteiger charge is 2.22. The minimum absolute atomic E-state index is 0.0405. The molecule has 0 heterocycles. The van der Waals surface area contributed by atoms with Gasteiger partial charge in [0, 0.05) is 34.8 Å². The van der Waals surface area contributed by atoms with Crippen molar-refractivity contribution in [1.29, 1.82) is 0 Å². The van der Waals surface area contributed by atoms with Crippen LogP contribution in [0.4, 0.5) is 11.4 Å². The average Bonchev–Trinajstić information content (AvgIpc) is 2.35. The van der Waals surface area contributed by atoms with Crippen molar-refractivity contribution in [1.82, 2.24) is 0 Å². The van der Waals surface area contributed by atoms with Crippen molar-refractivity contribution >= 4 is 21.2 Å². The summed E-state index contributed by atoms with van der Waals surface area (Å²) in [6, 6.07) is 5.25. The van der Waals surface area contributed by atoms with Gasteiger partial charge in [-0.05, 0) is 18.6 Å². The summed E-state index contributed by atoms with van der Waals surface area (Å²) in [6.45, 7) is -0.121. The first-order chi connectivity index (χ1) is 8.81. The molecule has 0 radical (unpaired) electrons. The summed E-state index contributed by atoms with van der Waals surface area (Å²) in [5.41, 5.74) is 1.54. The van der Waals surface area contributed by atoms with Gasteiger partial charge in [0.2, 0.25) is 0 Å². The van der Waals surface area contributed by atoms with Gasteiger partial charge in [-0.1, -0.05) is 6.07 Å². The molecule has 0 aliphatic heterocycles. The van der Waals surface area contributed by atoms with Gasteiger partial charge >= 0.3 is 0 Å². The van der Waals surface area contributed by atoms with Crippen LogP contribution in [0.1, 0.15) is 6.42 Å². The number of aliphatic hydroxyl groups excluding tert-OH is 1. The average molecular weight is 286 g/mol. The monoisotopic (exact) mass is 286 g/mol. The highest BCUT2D eigenvalue weighted by Crippen LogP contribution is 2.34. The summed E-state index contributed by atoms with van der Waals surface area (Å²) in [5, 5.41) is 8.81. The fraction of sp³-hybridized carbons (Fsp3) is 0.538. The SMILES string of the molecule is CN(C)c1cccc(S(=O)(=O)CCCO)c1N(C)C. The number of hydrogen-bond donors (Lipinski definition) is 1. The van der Waals surface area contributed by atoms with Gasteiger partial charge in [0.15, 0.2) is 9.84 Å². The lowest BCUT2D eigenvalue weighted by Crippen LogP contribution is -2.20. The summed E-state index contributed by atoms with van der Waals surface area (Å²) in [6.07, 6.45) is 0.251. The van der Waals surface area contributed by atoms with Crippen LogP contribution in [0, 0.1) is 0 Å². The Bertz CT molecular complexity index is 525. The second kappa shape index (κ2) is 6.25. The van der Waals surface area contributed by atoms with Crippen LogP contribution in [0.2, 0.25) is 0 Å². The standard InChI is InChI=1S/C13H22N2O3S/c1-14(2)11-7-5-8-12(13(11)15(3)4)19(17,18)10-6-9-16/h5,7-8,16H,6,9-10H2,1-4H3.